The third kappa shape index (κ3) is 3.93. The summed E-state index contributed by atoms with van der Waals surface area (Å²) in [6.45, 7) is -0.0746. The number of esters is 1. The number of pyridine rings is 1. The van der Waals surface area contributed by atoms with Gasteiger partial charge in [0, 0.05) is 29.5 Å². The number of ether oxygens (including phenoxy) is 1. The van der Waals surface area contributed by atoms with Gasteiger partial charge in [0.15, 0.2) is 9.84 Å². The summed E-state index contributed by atoms with van der Waals surface area (Å²) in [7, 11) is -3.80. The summed E-state index contributed by atoms with van der Waals surface area (Å²) in [5, 5.41) is 12.0. The number of sulfone groups is 1. The Labute approximate surface area is 154 Å². The van der Waals surface area contributed by atoms with Crippen molar-refractivity contribution in [1.82, 2.24) is 4.98 Å². The van der Waals surface area contributed by atoms with Crippen molar-refractivity contribution in [3.63, 3.8) is 0 Å². The number of nitrogens with zero attached hydrogens (tertiary/aromatic N) is 2. The summed E-state index contributed by atoms with van der Waals surface area (Å²) < 4.78 is 28.5. The molecule has 3 aromatic rings. The normalized spacial score (nSPS) is 11.3. The van der Waals surface area contributed by atoms with Crippen LogP contribution in [0.5, 0.6) is 0 Å². The number of fused-ring (bicyclic) bond motifs is 1. The number of benzene rings is 2. The highest BCUT2D eigenvalue weighted by atomic mass is 32.2. The van der Waals surface area contributed by atoms with Crippen molar-refractivity contribution in [3.8, 4) is 0 Å². The number of nitro benzene ring substituents is 1. The van der Waals surface area contributed by atoms with Crippen LogP contribution in [0.15, 0.2) is 59.6 Å². The highest BCUT2D eigenvalue weighted by Gasteiger charge is 2.24. The molecule has 0 amide bonds. The van der Waals surface area contributed by atoms with Crippen LogP contribution in [0.25, 0.3) is 10.9 Å². The number of carbonyl (C=O) groups excluding carboxylic acids is 1. The molecule has 3 rings (SSSR count). The monoisotopic (exact) mass is 386 g/mol. The second-order valence-corrected chi connectivity index (χ2v) is 7.76. The second kappa shape index (κ2) is 7.12. The molecule has 0 fully saturated rings. The maximum atomic E-state index is 12.3. The average molecular weight is 386 g/mol. The Kier molecular flexibility index (Phi) is 4.87. The number of carbonyl (C=O) groups is 1. The number of nitro groups is 1. The molecule has 0 saturated heterocycles. The Morgan fingerprint density at radius 1 is 1.19 bits per heavy atom. The Hall–Kier alpha value is -3.33. The van der Waals surface area contributed by atoms with Gasteiger partial charge in [-0.15, -0.1) is 0 Å². The Bertz CT molecular complexity index is 1150. The summed E-state index contributed by atoms with van der Waals surface area (Å²) in [5.74, 6) is -0.800. The smallest absolute Gasteiger partial charge is 0.338 e. The zero-order valence-electron chi connectivity index (χ0n) is 14.2. The first-order valence-corrected chi connectivity index (χ1v) is 9.65. The van der Waals surface area contributed by atoms with Gasteiger partial charge in [-0.3, -0.25) is 15.1 Å². The molecule has 0 bridgehead atoms. The molecule has 0 N–H and O–H groups in total. The maximum Gasteiger partial charge on any atom is 0.338 e. The third-order valence-electron chi connectivity index (χ3n) is 3.87. The van der Waals surface area contributed by atoms with E-state index in [-0.39, 0.29) is 12.2 Å². The molecule has 2 aromatic carbocycles. The highest BCUT2D eigenvalue weighted by Crippen LogP contribution is 2.25. The minimum absolute atomic E-state index is 0.0746. The van der Waals surface area contributed by atoms with E-state index in [1.807, 2.05) is 12.1 Å². The molecule has 8 nitrogen and oxygen atoms in total. The zero-order valence-corrected chi connectivity index (χ0v) is 15.0. The molecule has 1 heterocycles. The fourth-order valence-corrected chi connectivity index (χ4v) is 3.44. The first-order valence-electron chi connectivity index (χ1n) is 7.75. The molecule has 0 atom stereocenters. The van der Waals surface area contributed by atoms with E-state index < -0.39 is 31.3 Å². The molecule has 0 unspecified atom stereocenters. The Morgan fingerprint density at radius 3 is 2.63 bits per heavy atom. The molecule has 0 aliphatic heterocycles. The summed E-state index contributed by atoms with van der Waals surface area (Å²) in [6.07, 6.45) is 2.49. The highest BCUT2D eigenvalue weighted by molar-refractivity contribution is 7.90. The van der Waals surface area contributed by atoms with Crippen LogP contribution >= 0.6 is 0 Å². The van der Waals surface area contributed by atoms with Crippen LogP contribution in [-0.4, -0.2) is 30.6 Å². The van der Waals surface area contributed by atoms with Crippen LogP contribution in [0.2, 0.25) is 0 Å². The number of hydrogen-bond acceptors (Lipinski definition) is 7. The van der Waals surface area contributed by atoms with E-state index in [9.17, 15) is 23.3 Å². The molecule has 0 radical (unpaired) electrons. The first kappa shape index (κ1) is 18.5. The van der Waals surface area contributed by atoms with E-state index in [2.05, 4.69) is 4.98 Å². The number of hydrogen-bond donors (Lipinski definition) is 0. The van der Waals surface area contributed by atoms with Crippen LogP contribution < -0.4 is 0 Å². The Morgan fingerprint density at radius 2 is 1.93 bits per heavy atom. The molecular formula is C18H14N2O6S. The summed E-state index contributed by atoms with van der Waals surface area (Å²) in [6, 6.07) is 12.2. The van der Waals surface area contributed by atoms with E-state index >= 15 is 0 Å². The molecule has 0 spiro atoms. The molecule has 138 valence electrons. The zero-order chi connectivity index (χ0) is 19.6. The van der Waals surface area contributed by atoms with Crippen molar-refractivity contribution in [1.29, 1.82) is 0 Å². The second-order valence-electron chi connectivity index (χ2n) is 5.78. The standard InChI is InChI=1S/C18H14N2O6S/c1-27(24,25)16-8-7-13(10-15(16)20(22)23)18(21)26-11-14-5-2-4-12-6-3-9-19-17(12)14/h2-10H,11H2,1H3. The van der Waals surface area contributed by atoms with Gasteiger partial charge < -0.3 is 4.74 Å². The molecule has 0 aliphatic carbocycles. The van der Waals surface area contributed by atoms with Crippen molar-refractivity contribution < 1.29 is 22.9 Å². The van der Waals surface area contributed by atoms with Crippen LogP contribution in [0.3, 0.4) is 0 Å². The lowest BCUT2D eigenvalue weighted by atomic mass is 10.1. The third-order valence-corrected chi connectivity index (χ3v) is 5.01. The predicted molar refractivity (Wildman–Crippen MR) is 97.1 cm³/mol. The van der Waals surface area contributed by atoms with Crippen molar-refractivity contribution >= 4 is 32.4 Å². The van der Waals surface area contributed by atoms with Gasteiger partial charge in [-0.2, -0.15) is 0 Å². The van der Waals surface area contributed by atoms with Crippen molar-refractivity contribution in [3.05, 3.63) is 76.0 Å². The van der Waals surface area contributed by atoms with Gasteiger partial charge in [0.05, 0.1) is 16.0 Å². The predicted octanol–water partition coefficient (Wildman–Crippen LogP) is 2.90. The van der Waals surface area contributed by atoms with Gasteiger partial charge in [0.1, 0.15) is 11.5 Å². The quantitative estimate of drug-likeness (QED) is 0.376. The average Bonchev–Trinajstić information content (AvgIpc) is 2.64. The van der Waals surface area contributed by atoms with Gasteiger partial charge >= 0.3 is 5.97 Å². The maximum absolute atomic E-state index is 12.3. The topological polar surface area (TPSA) is 116 Å². The van der Waals surface area contributed by atoms with Crippen LogP contribution in [0, 0.1) is 10.1 Å². The first-order chi connectivity index (χ1) is 12.8. The number of rotatable bonds is 5. The van der Waals surface area contributed by atoms with E-state index in [0.29, 0.717) is 11.1 Å². The van der Waals surface area contributed by atoms with Gasteiger partial charge in [0.25, 0.3) is 5.69 Å². The van der Waals surface area contributed by atoms with Crippen LogP contribution in [0.4, 0.5) is 5.69 Å². The lowest BCUT2D eigenvalue weighted by Crippen LogP contribution is -2.09. The molecule has 0 aliphatic rings. The lowest BCUT2D eigenvalue weighted by molar-refractivity contribution is -0.387. The van der Waals surface area contributed by atoms with E-state index in [1.165, 1.54) is 6.07 Å². The van der Waals surface area contributed by atoms with Crippen molar-refractivity contribution in [2.45, 2.75) is 11.5 Å². The van der Waals surface area contributed by atoms with Crippen molar-refractivity contribution in [2.75, 3.05) is 6.26 Å². The van der Waals surface area contributed by atoms with E-state index in [4.69, 9.17) is 4.74 Å². The number of aromatic nitrogens is 1. The van der Waals surface area contributed by atoms with Crippen LogP contribution in [-0.2, 0) is 21.2 Å². The lowest BCUT2D eigenvalue weighted by Gasteiger charge is -2.08. The Balaban J connectivity index is 1.86. The molecule has 9 heteroatoms. The largest absolute Gasteiger partial charge is 0.457 e. The fourth-order valence-electron chi connectivity index (χ4n) is 2.61. The van der Waals surface area contributed by atoms with Gasteiger partial charge in [-0.05, 0) is 18.2 Å². The molecule has 1 aromatic heterocycles. The molecular weight excluding hydrogens is 372 g/mol. The van der Waals surface area contributed by atoms with Crippen LogP contribution in [0.1, 0.15) is 15.9 Å². The van der Waals surface area contributed by atoms with Gasteiger partial charge in [-0.1, -0.05) is 24.3 Å². The minimum Gasteiger partial charge on any atom is -0.457 e. The molecule has 27 heavy (non-hydrogen) atoms. The minimum atomic E-state index is -3.80. The summed E-state index contributed by atoms with van der Waals surface area (Å²) in [5.41, 5.74) is 0.594. The number of para-hydroxylation sites is 1. The SMILES string of the molecule is CS(=O)(=O)c1ccc(C(=O)OCc2cccc3cccnc23)cc1[N+](=O)[O-]. The van der Waals surface area contributed by atoms with Crippen molar-refractivity contribution in [2.24, 2.45) is 0 Å². The van der Waals surface area contributed by atoms with Gasteiger partial charge in [0.2, 0.25) is 0 Å². The molecule has 0 saturated carbocycles. The summed E-state index contributed by atoms with van der Waals surface area (Å²) >= 11 is 0. The van der Waals surface area contributed by atoms with E-state index in [0.717, 1.165) is 23.8 Å². The fraction of sp³-hybridized carbons (Fsp3) is 0.111. The van der Waals surface area contributed by atoms with E-state index in [1.54, 1.807) is 24.4 Å². The van der Waals surface area contributed by atoms with Gasteiger partial charge in [-0.25, -0.2) is 13.2 Å². The summed E-state index contributed by atoms with van der Waals surface area (Å²) in [4.78, 5) is 26.4.